The Morgan fingerprint density at radius 3 is 2.21 bits per heavy atom. The van der Waals surface area contributed by atoms with Crippen LogP contribution in [0.1, 0.15) is 30.8 Å². The van der Waals surface area contributed by atoms with E-state index in [2.05, 4.69) is 26.5 Å². The zero-order valence-electron chi connectivity index (χ0n) is 16.0. The van der Waals surface area contributed by atoms with Crippen LogP contribution < -0.4 is 26.6 Å². The maximum absolute atomic E-state index is 12.5. The molecular weight excluding hydrogens is 356 g/mol. The zero-order valence-corrected chi connectivity index (χ0v) is 16.0. The van der Waals surface area contributed by atoms with Crippen molar-refractivity contribution in [1.82, 2.24) is 19.9 Å². The average Bonchev–Trinajstić information content (AvgIpc) is 3.15. The molecule has 144 valence electrons. The molecule has 0 saturated carbocycles. The quantitative estimate of drug-likeness (QED) is 0.574. The highest BCUT2D eigenvalue weighted by molar-refractivity contribution is 5.51. The van der Waals surface area contributed by atoms with E-state index in [4.69, 9.17) is 4.74 Å². The second-order valence-electron chi connectivity index (χ2n) is 6.89. The molecule has 0 bridgehead atoms. The number of aromatic amines is 3. The maximum atomic E-state index is 12.5. The summed E-state index contributed by atoms with van der Waals surface area (Å²) in [4.78, 5) is 37.5. The fourth-order valence-corrected chi connectivity index (χ4v) is 2.73. The topological polar surface area (TPSA) is 104 Å². The summed E-state index contributed by atoms with van der Waals surface area (Å²) in [5.74, 6) is 0.710. The number of aromatic nitrogens is 4. The van der Waals surface area contributed by atoms with Crippen LogP contribution in [0, 0.1) is 0 Å². The molecule has 0 spiro atoms. The SMILES string of the molecule is C=CC(C)(C)c1[nH]cnc1C=c1[nH]c(=O)c(=Cc2ccc(OC)cc2)[nH]c1=O. The van der Waals surface area contributed by atoms with Gasteiger partial charge in [-0.25, -0.2) is 4.98 Å². The van der Waals surface area contributed by atoms with E-state index in [9.17, 15) is 9.59 Å². The van der Waals surface area contributed by atoms with Gasteiger partial charge in [0.1, 0.15) is 16.4 Å². The van der Waals surface area contributed by atoms with Gasteiger partial charge in [-0.15, -0.1) is 6.58 Å². The Labute approximate surface area is 161 Å². The van der Waals surface area contributed by atoms with Crippen molar-refractivity contribution in [1.29, 1.82) is 0 Å². The molecule has 2 heterocycles. The number of hydrogen-bond donors (Lipinski definition) is 3. The number of allylic oxidation sites excluding steroid dienone is 1. The van der Waals surface area contributed by atoms with Crippen LogP contribution in [0.25, 0.3) is 12.2 Å². The lowest BCUT2D eigenvalue weighted by Gasteiger charge is -2.18. The Kier molecular flexibility index (Phi) is 5.17. The predicted molar refractivity (Wildman–Crippen MR) is 109 cm³/mol. The molecule has 0 radical (unpaired) electrons. The normalized spacial score (nSPS) is 13.0. The molecule has 0 aliphatic rings. The Bertz CT molecular complexity index is 1230. The number of nitrogens with zero attached hydrogens (tertiary/aromatic N) is 1. The Morgan fingerprint density at radius 2 is 1.64 bits per heavy atom. The highest BCUT2D eigenvalue weighted by Crippen LogP contribution is 2.24. The molecule has 0 atom stereocenters. The highest BCUT2D eigenvalue weighted by atomic mass is 16.5. The van der Waals surface area contributed by atoms with Gasteiger partial charge in [-0.05, 0) is 29.8 Å². The summed E-state index contributed by atoms with van der Waals surface area (Å²) in [7, 11) is 1.58. The van der Waals surface area contributed by atoms with Gasteiger partial charge in [-0.3, -0.25) is 9.59 Å². The molecule has 2 aromatic heterocycles. The molecule has 7 nitrogen and oxygen atoms in total. The van der Waals surface area contributed by atoms with Crippen molar-refractivity contribution < 1.29 is 4.74 Å². The molecular formula is C21H22N4O3. The van der Waals surface area contributed by atoms with Gasteiger partial charge in [0.05, 0.1) is 24.8 Å². The summed E-state index contributed by atoms with van der Waals surface area (Å²) in [6.45, 7) is 7.78. The predicted octanol–water partition coefficient (Wildman–Crippen LogP) is 0.916. The zero-order chi connectivity index (χ0) is 20.3. The maximum Gasteiger partial charge on any atom is 0.272 e. The second-order valence-corrected chi connectivity index (χ2v) is 6.89. The lowest BCUT2D eigenvalue weighted by Crippen LogP contribution is -2.46. The van der Waals surface area contributed by atoms with Gasteiger partial charge in [-0.1, -0.05) is 32.1 Å². The molecule has 3 rings (SSSR count). The van der Waals surface area contributed by atoms with Crippen molar-refractivity contribution in [2.24, 2.45) is 0 Å². The lowest BCUT2D eigenvalue weighted by atomic mass is 9.88. The van der Waals surface area contributed by atoms with E-state index in [-0.39, 0.29) is 16.1 Å². The second kappa shape index (κ2) is 7.56. The lowest BCUT2D eigenvalue weighted by molar-refractivity contribution is 0.415. The van der Waals surface area contributed by atoms with E-state index in [1.54, 1.807) is 55.9 Å². The van der Waals surface area contributed by atoms with Crippen molar-refractivity contribution in [3.8, 4) is 5.75 Å². The summed E-state index contributed by atoms with van der Waals surface area (Å²) in [6.07, 6.45) is 6.49. The van der Waals surface area contributed by atoms with E-state index >= 15 is 0 Å². The number of methoxy groups -OCH3 is 1. The highest BCUT2D eigenvalue weighted by Gasteiger charge is 2.21. The first-order chi connectivity index (χ1) is 13.3. The molecule has 3 aromatic rings. The molecule has 0 saturated heterocycles. The van der Waals surface area contributed by atoms with Crippen LogP contribution in [-0.2, 0) is 5.41 Å². The fraction of sp³-hybridized carbons (Fsp3) is 0.190. The van der Waals surface area contributed by atoms with Crippen LogP contribution in [-0.4, -0.2) is 27.0 Å². The first-order valence-corrected chi connectivity index (χ1v) is 8.71. The van der Waals surface area contributed by atoms with Gasteiger partial charge in [0.2, 0.25) is 0 Å². The molecule has 0 fully saturated rings. The standard InChI is InChI=1S/C21H22N4O3/c1-5-21(2,3)18-15(22-12-23-18)11-17-20(27)24-16(19(26)25-17)10-13-6-8-14(28-4)9-7-13/h5-12H,1H2,2-4H3,(H,22,23)(H,24,27)(H,25,26). The third-order valence-corrected chi connectivity index (χ3v) is 4.52. The van der Waals surface area contributed by atoms with Gasteiger partial charge >= 0.3 is 0 Å². The van der Waals surface area contributed by atoms with Crippen molar-refractivity contribution in [2.75, 3.05) is 7.11 Å². The molecule has 28 heavy (non-hydrogen) atoms. The summed E-state index contributed by atoms with van der Waals surface area (Å²) < 4.78 is 5.11. The first-order valence-electron chi connectivity index (χ1n) is 8.71. The van der Waals surface area contributed by atoms with Crippen LogP contribution in [0.4, 0.5) is 0 Å². The van der Waals surface area contributed by atoms with E-state index in [1.165, 1.54) is 0 Å². The van der Waals surface area contributed by atoms with E-state index in [0.717, 1.165) is 11.3 Å². The molecule has 0 aliphatic carbocycles. The Hall–Kier alpha value is -3.61. The van der Waals surface area contributed by atoms with E-state index in [1.807, 2.05) is 13.8 Å². The molecule has 1 aromatic carbocycles. The molecule has 0 aliphatic heterocycles. The summed E-state index contributed by atoms with van der Waals surface area (Å²) in [5.41, 5.74) is 0.958. The minimum absolute atomic E-state index is 0.130. The molecule has 7 heteroatoms. The number of H-pyrrole nitrogens is 3. The van der Waals surface area contributed by atoms with Crippen molar-refractivity contribution >= 4 is 12.2 Å². The number of nitrogens with one attached hydrogen (secondary N) is 3. The Balaban J connectivity index is 2.09. The summed E-state index contributed by atoms with van der Waals surface area (Å²) in [6, 6.07) is 7.15. The van der Waals surface area contributed by atoms with Crippen molar-refractivity contribution in [3.05, 3.63) is 91.6 Å². The number of ether oxygens (including phenoxy) is 1. The third kappa shape index (κ3) is 3.88. The van der Waals surface area contributed by atoms with Gasteiger partial charge < -0.3 is 19.7 Å². The first kappa shape index (κ1) is 19.2. The van der Waals surface area contributed by atoms with Crippen LogP contribution in [0.5, 0.6) is 5.75 Å². The van der Waals surface area contributed by atoms with Crippen LogP contribution in [0.3, 0.4) is 0 Å². The largest absolute Gasteiger partial charge is 0.497 e. The van der Waals surface area contributed by atoms with Crippen LogP contribution in [0.15, 0.2) is 52.8 Å². The Morgan fingerprint density at radius 1 is 1.04 bits per heavy atom. The number of hydrogen-bond acceptors (Lipinski definition) is 4. The summed E-state index contributed by atoms with van der Waals surface area (Å²) >= 11 is 0. The van der Waals surface area contributed by atoms with Crippen LogP contribution >= 0.6 is 0 Å². The van der Waals surface area contributed by atoms with Gasteiger partial charge in [0.15, 0.2) is 0 Å². The van der Waals surface area contributed by atoms with E-state index in [0.29, 0.717) is 11.4 Å². The van der Waals surface area contributed by atoms with Gasteiger partial charge in [0, 0.05) is 5.41 Å². The summed E-state index contributed by atoms with van der Waals surface area (Å²) in [5, 5.41) is 0.297. The van der Waals surface area contributed by atoms with Crippen molar-refractivity contribution in [3.63, 3.8) is 0 Å². The number of benzene rings is 1. The van der Waals surface area contributed by atoms with Gasteiger partial charge in [-0.2, -0.15) is 0 Å². The van der Waals surface area contributed by atoms with Crippen molar-refractivity contribution in [2.45, 2.75) is 19.3 Å². The van der Waals surface area contributed by atoms with E-state index < -0.39 is 11.1 Å². The van der Waals surface area contributed by atoms with Gasteiger partial charge in [0.25, 0.3) is 11.1 Å². The average molecular weight is 378 g/mol. The smallest absolute Gasteiger partial charge is 0.272 e. The minimum atomic E-state index is -0.412. The molecule has 0 unspecified atom stereocenters. The number of imidazole rings is 1. The minimum Gasteiger partial charge on any atom is -0.497 e. The fourth-order valence-electron chi connectivity index (χ4n) is 2.73. The molecule has 3 N–H and O–H groups in total. The number of rotatable bonds is 5. The molecule has 0 amide bonds. The third-order valence-electron chi connectivity index (χ3n) is 4.52. The monoisotopic (exact) mass is 378 g/mol. The van der Waals surface area contributed by atoms with Crippen LogP contribution in [0.2, 0.25) is 0 Å².